The summed E-state index contributed by atoms with van der Waals surface area (Å²) in [5.74, 6) is -1.01. The summed E-state index contributed by atoms with van der Waals surface area (Å²) in [5.41, 5.74) is 2.84. The lowest BCUT2D eigenvalue weighted by Gasteiger charge is -2.37. The van der Waals surface area contributed by atoms with Gasteiger partial charge in [-0.15, -0.1) is 13.2 Å². The normalized spacial score (nSPS) is 22.0. The zero-order valence-electron chi connectivity index (χ0n) is 20.6. The van der Waals surface area contributed by atoms with Crippen LogP contribution in [0.2, 0.25) is 0 Å². The fourth-order valence-electron chi connectivity index (χ4n) is 5.11. The van der Waals surface area contributed by atoms with E-state index in [1.165, 1.54) is 23.3 Å². The monoisotopic (exact) mass is 493 g/mol. The van der Waals surface area contributed by atoms with Gasteiger partial charge in [-0.2, -0.15) is 0 Å². The molecule has 35 heavy (non-hydrogen) atoms. The number of allylic oxidation sites excluding steroid dienone is 1. The number of likely N-dealkylation sites (N-methyl/N-ethyl adjacent to an activating group) is 1. The number of phenols is 1. The minimum Gasteiger partial charge on any atom is -0.504 e. The third-order valence-electron chi connectivity index (χ3n) is 7.49. The fraction of sp³-hybridized carbons (Fsp3) is 0.577. The summed E-state index contributed by atoms with van der Waals surface area (Å²) in [6, 6.07) is 4.11. The molecule has 2 aliphatic heterocycles. The number of aryl methyl sites for hydroxylation is 1. The Bertz CT molecular complexity index is 1010. The number of piperazine rings is 1. The number of carbonyl (C=O) groups is 1. The summed E-state index contributed by atoms with van der Waals surface area (Å²) in [7, 11) is 2.07. The highest BCUT2D eigenvalue weighted by Crippen LogP contribution is 2.38. The summed E-state index contributed by atoms with van der Waals surface area (Å²) in [4.78, 5) is 19.9. The van der Waals surface area contributed by atoms with Crippen molar-refractivity contribution in [2.45, 2.75) is 45.0 Å². The van der Waals surface area contributed by atoms with E-state index in [4.69, 9.17) is 0 Å². The van der Waals surface area contributed by atoms with E-state index in [0.717, 1.165) is 45.7 Å². The molecule has 1 N–H and O–H groups in total. The van der Waals surface area contributed by atoms with Crippen LogP contribution in [0.5, 0.6) is 11.5 Å². The van der Waals surface area contributed by atoms with Crippen molar-refractivity contribution in [3.63, 3.8) is 0 Å². The van der Waals surface area contributed by atoms with Gasteiger partial charge in [0.05, 0.1) is 5.92 Å². The molecule has 0 saturated carbocycles. The number of nitrogens with zero attached hydrogens (tertiary/aromatic N) is 3. The van der Waals surface area contributed by atoms with E-state index >= 15 is 0 Å². The van der Waals surface area contributed by atoms with Crippen molar-refractivity contribution in [2.75, 3.05) is 46.3 Å². The van der Waals surface area contributed by atoms with Crippen molar-refractivity contribution in [3.8, 4) is 11.5 Å². The molecule has 0 radical (unpaired) electrons. The number of hydrogen-bond donors (Lipinski definition) is 1. The summed E-state index contributed by atoms with van der Waals surface area (Å²) in [6.45, 7) is 9.04. The highest BCUT2D eigenvalue weighted by atomic mass is 19.4. The highest BCUT2D eigenvalue weighted by Gasteiger charge is 2.39. The number of phenolic OH excluding ortho intramolecular Hbond substituents is 1. The Morgan fingerprint density at radius 3 is 2.54 bits per heavy atom. The topological polar surface area (TPSA) is 56.2 Å². The molecule has 9 heteroatoms. The quantitative estimate of drug-likeness (QED) is 0.650. The number of amides is 1. The van der Waals surface area contributed by atoms with Gasteiger partial charge in [-0.05, 0) is 69.0 Å². The van der Waals surface area contributed by atoms with E-state index in [1.54, 1.807) is 6.07 Å². The van der Waals surface area contributed by atoms with Crippen molar-refractivity contribution in [1.82, 2.24) is 14.7 Å². The van der Waals surface area contributed by atoms with Gasteiger partial charge in [-0.1, -0.05) is 18.2 Å². The van der Waals surface area contributed by atoms with Crippen LogP contribution in [0.3, 0.4) is 0 Å². The Balaban J connectivity index is 1.39. The number of aromatic hydroxyl groups is 1. The SMILES string of the molecule is CN1CCN(C(=O)C2CC=CC3=C2CN(C(C)(C)CCc2ccc(O)c(OC(F)(F)F)c2)C3)CC1. The molecule has 0 aromatic heterocycles. The summed E-state index contributed by atoms with van der Waals surface area (Å²) >= 11 is 0. The molecule has 0 spiro atoms. The van der Waals surface area contributed by atoms with Crippen LogP contribution >= 0.6 is 0 Å². The van der Waals surface area contributed by atoms with Gasteiger partial charge in [0.2, 0.25) is 5.91 Å². The molecule has 1 saturated heterocycles. The van der Waals surface area contributed by atoms with Crippen LogP contribution < -0.4 is 4.74 Å². The van der Waals surface area contributed by atoms with Crippen molar-refractivity contribution in [3.05, 3.63) is 47.1 Å². The Labute approximate surface area is 204 Å². The van der Waals surface area contributed by atoms with Gasteiger partial charge in [0.25, 0.3) is 0 Å². The number of benzene rings is 1. The maximum atomic E-state index is 13.3. The molecule has 4 rings (SSSR count). The maximum Gasteiger partial charge on any atom is 0.573 e. The molecule has 3 aliphatic rings. The maximum absolute atomic E-state index is 13.3. The van der Waals surface area contributed by atoms with Crippen molar-refractivity contribution < 1.29 is 27.8 Å². The van der Waals surface area contributed by atoms with Crippen molar-refractivity contribution in [2.24, 2.45) is 5.92 Å². The van der Waals surface area contributed by atoms with Gasteiger partial charge in [-0.3, -0.25) is 9.69 Å². The van der Waals surface area contributed by atoms with Crippen LogP contribution in [0, 0.1) is 5.92 Å². The first-order chi connectivity index (χ1) is 16.4. The molecule has 1 amide bonds. The summed E-state index contributed by atoms with van der Waals surface area (Å²) in [5, 5.41) is 9.72. The zero-order valence-corrected chi connectivity index (χ0v) is 20.6. The van der Waals surface area contributed by atoms with E-state index in [-0.39, 0.29) is 17.4 Å². The first kappa shape index (κ1) is 25.6. The predicted octanol–water partition coefficient (Wildman–Crippen LogP) is 3.96. The molecule has 2 heterocycles. The van der Waals surface area contributed by atoms with E-state index in [1.807, 2.05) is 4.90 Å². The third-order valence-corrected chi connectivity index (χ3v) is 7.49. The second kappa shape index (κ2) is 9.85. The Morgan fingerprint density at radius 2 is 1.86 bits per heavy atom. The second-order valence-electron chi connectivity index (χ2n) is 10.4. The lowest BCUT2D eigenvalue weighted by atomic mass is 9.87. The van der Waals surface area contributed by atoms with Crippen LogP contribution in [0.1, 0.15) is 32.3 Å². The summed E-state index contributed by atoms with van der Waals surface area (Å²) in [6.07, 6.45) is 1.34. The van der Waals surface area contributed by atoms with E-state index in [0.29, 0.717) is 18.4 Å². The van der Waals surface area contributed by atoms with Crippen molar-refractivity contribution in [1.29, 1.82) is 0 Å². The zero-order chi connectivity index (χ0) is 25.4. The largest absolute Gasteiger partial charge is 0.573 e. The molecule has 1 unspecified atom stereocenters. The number of rotatable bonds is 6. The average molecular weight is 494 g/mol. The second-order valence-corrected chi connectivity index (χ2v) is 10.4. The van der Waals surface area contributed by atoms with E-state index < -0.39 is 17.9 Å². The molecule has 1 aliphatic carbocycles. The van der Waals surface area contributed by atoms with Crippen LogP contribution in [0.4, 0.5) is 13.2 Å². The summed E-state index contributed by atoms with van der Waals surface area (Å²) < 4.78 is 41.8. The van der Waals surface area contributed by atoms with Gasteiger partial charge in [0, 0.05) is 44.8 Å². The fourth-order valence-corrected chi connectivity index (χ4v) is 5.11. The lowest BCUT2D eigenvalue weighted by molar-refractivity contribution is -0.275. The molecule has 1 aromatic rings. The van der Waals surface area contributed by atoms with Crippen molar-refractivity contribution >= 4 is 5.91 Å². The molecule has 6 nitrogen and oxygen atoms in total. The van der Waals surface area contributed by atoms with Crippen LogP contribution in [-0.2, 0) is 11.2 Å². The number of carbonyl (C=O) groups excluding carboxylic acids is 1. The van der Waals surface area contributed by atoms with Gasteiger partial charge in [-0.25, -0.2) is 0 Å². The van der Waals surface area contributed by atoms with Gasteiger partial charge >= 0.3 is 6.36 Å². The van der Waals surface area contributed by atoms with E-state index in [9.17, 15) is 23.1 Å². The standard InChI is InChI=1S/C26H34F3N3O3/c1-25(2,10-9-18-7-8-22(33)23(15-18)35-26(27,28)29)32-16-19-5-4-6-20(21(19)17-32)24(34)31-13-11-30(3)12-14-31/h4-5,7-8,15,20,33H,6,9-14,16-17H2,1-3H3. The smallest absolute Gasteiger partial charge is 0.504 e. The molecular weight excluding hydrogens is 459 g/mol. The average Bonchev–Trinajstić information content (AvgIpc) is 3.24. The Morgan fingerprint density at radius 1 is 1.14 bits per heavy atom. The first-order valence-electron chi connectivity index (χ1n) is 12.1. The number of halogens is 3. The molecule has 1 atom stereocenters. The molecule has 0 bridgehead atoms. The highest BCUT2D eigenvalue weighted by molar-refractivity contribution is 5.83. The third kappa shape index (κ3) is 6.01. The minimum absolute atomic E-state index is 0.113. The predicted molar refractivity (Wildman–Crippen MR) is 127 cm³/mol. The van der Waals surface area contributed by atoms with E-state index in [2.05, 4.69) is 47.6 Å². The van der Waals surface area contributed by atoms with Gasteiger partial charge < -0.3 is 19.6 Å². The van der Waals surface area contributed by atoms with Crippen LogP contribution in [0.25, 0.3) is 0 Å². The van der Waals surface area contributed by atoms with Crippen LogP contribution in [0.15, 0.2) is 41.5 Å². The van der Waals surface area contributed by atoms with Gasteiger partial charge in [0.15, 0.2) is 11.5 Å². The Hall–Kier alpha value is -2.52. The number of ether oxygens (including phenoxy) is 1. The van der Waals surface area contributed by atoms with Crippen LogP contribution in [-0.4, -0.2) is 83.9 Å². The van der Waals surface area contributed by atoms with Gasteiger partial charge in [0.1, 0.15) is 0 Å². The lowest BCUT2D eigenvalue weighted by Crippen LogP contribution is -2.49. The molecule has 1 fully saturated rings. The minimum atomic E-state index is -4.86. The Kier molecular flexibility index (Phi) is 7.20. The molecule has 192 valence electrons. The first-order valence-corrected chi connectivity index (χ1v) is 12.1. The number of alkyl halides is 3. The molecule has 1 aromatic carbocycles. The molecular formula is C26H34F3N3O3. The number of hydrogen-bond acceptors (Lipinski definition) is 5.